The summed E-state index contributed by atoms with van der Waals surface area (Å²) in [4.78, 5) is 6.49. The van der Waals surface area contributed by atoms with E-state index in [1.165, 1.54) is 12.8 Å². The van der Waals surface area contributed by atoms with Crippen molar-refractivity contribution >= 4 is 11.9 Å². The van der Waals surface area contributed by atoms with E-state index < -0.39 is 0 Å². The molecular weight excluding hydrogens is 204 g/mol. The Labute approximate surface area is 96.6 Å². The highest BCUT2D eigenvalue weighted by atomic mass is 15.2. The van der Waals surface area contributed by atoms with Crippen LogP contribution in [-0.4, -0.2) is 43.0 Å². The van der Waals surface area contributed by atoms with Crippen LogP contribution in [-0.2, 0) is 0 Å². The van der Waals surface area contributed by atoms with E-state index in [4.69, 9.17) is 16.9 Å². The van der Waals surface area contributed by atoms with Gasteiger partial charge in [0.25, 0.3) is 0 Å². The average molecular weight is 226 g/mol. The highest BCUT2D eigenvalue weighted by Gasteiger charge is 2.35. The van der Waals surface area contributed by atoms with Gasteiger partial charge in [0, 0.05) is 5.54 Å². The lowest BCUT2D eigenvalue weighted by molar-refractivity contribution is 0.167. The smallest absolute Gasteiger partial charge is 0.195 e. The van der Waals surface area contributed by atoms with Crippen LogP contribution < -0.4 is 16.8 Å². The second kappa shape index (κ2) is 5.16. The molecule has 0 aliphatic heterocycles. The number of nitrogens with zero attached hydrogens (tertiary/aromatic N) is 2. The molecule has 1 aliphatic carbocycles. The molecule has 1 saturated carbocycles. The highest BCUT2D eigenvalue weighted by Crippen LogP contribution is 2.33. The van der Waals surface area contributed by atoms with Gasteiger partial charge in [0.1, 0.15) is 0 Å². The predicted octanol–water partition coefficient (Wildman–Crippen LogP) is -0.341. The first kappa shape index (κ1) is 12.8. The van der Waals surface area contributed by atoms with Gasteiger partial charge in [-0.25, -0.2) is 0 Å². The summed E-state index contributed by atoms with van der Waals surface area (Å²) in [7, 11) is 4.16. The summed E-state index contributed by atoms with van der Waals surface area (Å²) in [6.07, 6.45) is 4.79. The van der Waals surface area contributed by atoms with Crippen LogP contribution in [0.2, 0.25) is 0 Å². The first-order chi connectivity index (χ1) is 7.46. The summed E-state index contributed by atoms with van der Waals surface area (Å²) >= 11 is 0. The number of aliphatic imine (C=N–C) groups is 1. The zero-order valence-corrected chi connectivity index (χ0v) is 10.1. The van der Waals surface area contributed by atoms with Gasteiger partial charge in [0.05, 0.1) is 6.54 Å². The minimum atomic E-state index is -0.174. The summed E-state index contributed by atoms with van der Waals surface area (Å²) < 4.78 is 0. The molecule has 0 aromatic heterocycles. The van der Waals surface area contributed by atoms with E-state index in [1.807, 2.05) is 0 Å². The van der Waals surface area contributed by atoms with Crippen LogP contribution in [0.15, 0.2) is 4.99 Å². The third-order valence-corrected chi connectivity index (χ3v) is 3.29. The summed E-state index contributed by atoms with van der Waals surface area (Å²) in [6, 6.07) is 0. The van der Waals surface area contributed by atoms with Crippen LogP contribution in [0.5, 0.6) is 0 Å². The van der Waals surface area contributed by atoms with Crippen molar-refractivity contribution in [3.8, 4) is 0 Å². The molecule has 6 nitrogen and oxygen atoms in total. The third kappa shape index (κ3) is 3.10. The van der Waals surface area contributed by atoms with Crippen molar-refractivity contribution in [1.82, 2.24) is 10.2 Å². The summed E-state index contributed by atoms with van der Waals surface area (Å²) in [5, 5.41) is 9.53. The van der Waals surface area contributed by atoms with Crippen molar-refractivity contribution in [2.45, 2.75) is 31.2 Å². The normalized spacial score (nSPS) is 20.1. The Balaban J connectivity index is 2.60. The lowest BCUT2D eigenvalue weighted by Crippen LogP contribution is -2.46. The Bertz CT molecular complexity index is 277. The second-order valence-electron chi connectivity index (χ2n) is 4.57. The van der Waals surface area contributed by atoms with Crippen LogP contribution in [0.1, 0.15) is 25.7 Å². The Morgan fingerprint density at radius 1 is 1.38 bits per heavy atom. The fraction of sp³-hybridized carbons (Fsp3) is 0.800. The number of likely N-dealkylation sites (N-methyl/N-ethyl adjacent to an activating group) is 1. The maximum atomic E-state index is 7.04. The van der Waals surface area contributed by atoms with E-state index in [0.717, 1.165) is 12.8 Å². The van der Waals surface area contributed by atoms with Crippen molar-refractivity contribution < 1.29 is 0 Å². The zero-order valence-electron chi connectivity index (χ0n) is 10.1. The number of guanidine groups is 2. The monoisotopic (exact) mass is 226 g/mol. The molecule has 0 saturated heterocycles. The molecule has 1 fully saturated rings. The molecule has 6 heteroatoms. The van der Waals surface area contributed by atoms with E-state index in [1.54, 1.807) is 0 Å². The molecule has 0 amide bonds. The minimum Gasteiger partial charge on any atom is -0.370 e. The molecule has 0 atom stereocenters. The highest BCUT2D eigenvalue weighted by molar-refractivity contribution is 5.95. The predicted molar refractivity (Wildman–Crippen MR) is 66.4 cm³/mol. The largest absolute Gasteiger partial charge is 0.370 e. The van der Waals surface area contributed by atoms with Gasteiger partial charge in [-0.05, 0) is 26.9 Å². The van der Waals surface area contributed by atoms with Crippen LogP contribution in [0, 0.1) is 5.41 Å². The van der Waals surface area contributed by atoms with Crippen LogP contribution in [0.25, 0.3) is 0 Å². The van der Waals surface area contributed by atoms with Crippen LogP contribution in [0.3, 0.4) is 0 Å². The maximum absolute atomic E-state index is 7.04. The molecular formula is C10H22N6. The SMILES string of the molecule is CN(C)C1(CN=C(N)NC(=N)N)CCCC1. The average Bonchev–Trinajstić information content (AvgIpc) is 2.63. The van der Waals surface area contributed by atoms with E-state index >= 15 is 0 Å². The Morgan fingerprint density at radius 3 is 2.38 bits per heavy atom. The van der Waals surface area contributed by atoms with E-state index in [-0.39, 0.29) is 17.5 Å². The first-order valence-electron chi connectivity index (χ1n) is 5.55. The quantitative estimate of drug-likeness (QED) is 0.390. The van der Waals surface area contributed by atoms with Gasteiger partial charge in [-0.2, -0.15) is 0 Å². The topological polar surface area (TPSA) is 104 Å². The molecule has 1 aliphatic rings. The van der Waals surface area contributed by atoms with Gasteiger partial charge in [-0.1, -0.05) is 12.8 Å². The fourth-order valence-electron chi connectivity index (χ4n) is 2.19. The minimum absolute atomic E-state index is 0.128. The van der Waals surface area contributed by atoms with Crippen molar-refractivity contribution in [2.24, 2.45) is 16.5 Å². The third-order valence-electron chi connectivity index (χ3n) is 3.29. The second-order valence-corrected chi connectivity index (χ2v) is 4.57. The van der Waals surface area contributed by atoms with Gasteiger partial charge in [-0.3, -0.25) is 15.7 Å². The van der Waals surface area contributed by atoms with Crippen molar-refractivity contribution in [3.63, 3.8) is 0 Å². The van der Waals surface area contributed by atoms with Gasteiger partial charge in [0.2, 0.25) is 0 Å². The number of hydrogen-bond acceptors (Lipinski definition) is 3. The van der Waals surface area contributed by atoms with Crippen molar-refractivity contribution in [3.05, 3.63) is 0 Å². The van der Waals surface area contributed by atoms with Gasteiger partial charge >= 0.3 is 0 Å². The van der Waals surface area contributed by atoms with E-state index in [9.17, 15) is 0 Å². The summed E-state index contributed by atoms with van der Waals surface area (Å²) in [6.45, 7) is 0.659. The van der Waals surface area contributed by atoms with Gasteiger partial charge in [0.15, 0.2) is 11.9 Å². The van der Waals surface area contributed by atoms with Gasteiger partial charge in [-0.15, -0.1) is 0 Å². The van der Waals surface area contributed by atoms with Crippen molar-refractivity contribution in [2.75, 3.05) is 20.6 Å². The first-order valence-corrected chi connectivity index (χ1v) is 5.55. The standard InChI is InChI=1S/C10H22N6/c1-16(2)10(5-3-4-6-10)7-14-9(13)15-8(11)12/h3-7H2,1-2H3,(H6,11,12,13,14,15). The van der Waals surface area contributed by atoms with Crippen molar-refractivity contribution in [1.29, 1.82) is 5.41 Å². The molecule has 92 valence electrons. The Morgan fingerprint density at radius 2 is 1.94 bits per heavy atom. The van der Waals surface area contributed by atoms with E-state index in [0.29, 0.717) is 6.54 Å². The molecule has 16 heavy (non-hydrogen) atoms. The molecule has 0 bridgehead atoms. The lowest BCUT2D eigenvalue weighted by Gasteiger charge is -2.34. The number of rotatable bonds is 3. The number of hydrogen-bond donors (Lipinski definition) is 4. The Hall–Kier alpha value is -1.30. The summed E-state index contributed by atoms with van der Waals surface area (Å²) in [5.41, 5.74) is 10.9. The fourth-order valence-corrected chi connectivity index (χ4v) is 2.19. The van der Waals surface area contributed by atoms with E-state index in [2.05, 4.69) is 29.3 Å². The van der Waals surface area contributed by atoms with Gasteiger partial charge < -0.3 is 16.4 Å². The Kier molecular flexibility index (Phi) is 4.12. The van der Waals surface area contributed by atoms with Crippen LogP contribution >= 0.6 is 0 Å². The summed E-state index contributed by atoms with van der Waals surface area (Å²) in [5.74, 6) is 0.0483. The van der Waals surface area contributed by atoms with Crippen LogP contribution in [0.4, 0.5) is 0 Å². The molecule has 0 aromatic carbocycles. The zero-order chi connectivity index (χ0) is 12.2. The number of nitrogens with two attached hydrogens (primary N) is 2. The number of nitrogens with one attached hydrogen (secondary N) is 2. The maximum Gasteiger partial charge on any atom is 0.195 e. The molecule has 0 spiro atoms. The molecule has 0 radical (unpaired) electrons. The molecule has 6 N–H and O–H groups in total. The molecule has 0 unspecified atom stereocenters. The lowest BCUT2D eigenvalue weighted by atomic mass is 9.96. The molecule has 0 heterocycles. The molecule has 0 aromatic rings. The molecule has 1 rings (SSSR count).